The minimum atomic E-state index is -3.13. The molecule has 0 aliphatic carbocycles. The van der Waals surface area contributed by atoms with Crippen molar-refractivity contribution in [1.82, 2.24) is 15.5 Å². The summed E-state index contributed by atoms with van der Waals surface area (Å²) in [6, 6.07) is 7.07. The van der Waals surface area contributed by atoms with E-state index >= 15 is 0 Å². The monoisotopic (exact) mass is 380 g/mol. The van der Waals surface area contributed by atoms with Gasteiger partial charge in [0.25, 0.3) is 0 Å². The fourth-order valence-corrected chi connectivity index (χ4v) is 3.83. The van der Waals surface area contributed by atoms with Crippen LogP contribution in [0.1, 0.15) is 24.8 Å². The van der Waals surface area contributed by atoms with Gasteiger partial charge in [0.15, 0.2) is 15.8 Å². The summed E-state index contributed by atoms with van der Waals surface area (Å²) in [6.07, 6.45) is 5.80. The average Bonchev–Trinajstić information content (AvgIpc) is 2.61. The van der Waals surface area contributed by atoms with Crippen molar-refractivity contribution in [3.63, 3.8) is 0 Å². The lowest BCUT2D eigenvalue weighted by Crippen LogP contribution is -2.39. The maximum Gasteiger partial charge on any atom is 0.190 e. The molecule has 1 aliphatic heterocycles. The van der Waals surface area contributed by atoms with Crippen LogP contribution in [0.15, 0.2) is 34.2 Å². The Balaban J connectivity index is 1.67. The molecule has 0 bridgehead atoms. The Morgan fingerprint density at radius 1 is 1.15 bits per heavy atom. The van der Waals surface area contributed by atoms with Crippen molar-refractivity contribution in [2.45, 2.75) is 30.6 Å². The van der Waals surface area contributed by atoms with Gasteiger partial charge in [0.05, 0.1) is 4.90 Å². The number of piperidine rings is 1. The lowest BCUT2D eigenvalue weighted by Gasteiger charge is -2.29. The van der Waals surface area contributed by atoms with E-state index in [1.54, 1.807) is 19.2 Å². The second-order valence-corrected chi connectivity index (χ2v) is 9.14. The van der Waals surface area contributed by atoms with E-state index in [0.29, 0.717) is 4.90 Å². The molecule has 146 valence electrons. The Kier molecular flexibility index (Phi) is 7.90. The van der Waals surface area contributed by atoms with Crippen LogP contribution in [-0.2, 0) is 16.3 Å². The molecule has 0 aromatic heterocycles. The molecule has 1 aromatic carbocycles. The molecule has 1 fully saturated rings. The van der Waals surface area contributed by atoms with Gasteiger partial charge in [0.2, 0.25) is 0 Å². The summed E-state index contributed by atoms with van der Waals surface area (Å²) >= 11 is 0. The molecule has 0 radical (unpaired) electrons. The van der Waals surface area contributed by atoms with Crippen LogP contribution in [0, 0.1) is 5.92 Å². The second-order valence-electron chi connectivity index (χ2n) is 7.13. The van der Waals surface area contributed by atoms with E-state index in [1.807, 2.05) is 12.1 Å². The number of benzene rings is 1. The first-order valence-electron chi connectivity index (χ1n) is 9.30. The van der Waals surface area contributed by atoms with Crippen LogP contribution in [-0.4, -0.2) is 65.8 Å². The van der Waals surface area contributed by atoms with Gasteiger partial charge in [-0.05, 0) is 69.4 Å². The summed E-state index contributed by atoms with van der Waals surface area (Å²) in [5.74, 6) is 1.64. The Bertz CT molecular complexity index is 678. The summed E-state index contributed by atoms with van der Waals surface area (Å²) in [7, 11) is 0.845. The highest BCUT2D eigenvalue weighted by Crippen LogP contribution is 2.18. The van der Waals surface area contributed by atoms with Gasteiger partial charge in [-0.25, -0.2) is 8.42 Å². The van der Waals surface area contributed by atoms with Gasteiger partial charge in [-0.15, -0.1) is 0 Å². The number of rotatable bonds is 7. The summed E-state index contributed by atoms with van der Waals surface area (Å²) < 4.78 is 23.0. The summed E-state index contributed by atoms with van der Waals surface area (Å²) in [5, 5.41) is 6.71. The topological polar surface area (TPSA) is 73.8 Å². The predicted octanol–water partition coefficient (Wildman–Crippen LogP) is 1.53. The molecule has 1 saturated heterocycles. The highest BCUT2D eigenvalue weighted by atomic mass is 32.2. The maximum atomic E-state index is 11.5. The molecule has 0 amide bonds. The van der Waals surface area contributed by atoms with Crippen molar-refractivity contribution < 1.29 is 8.42 Å². The van der Waals surface area contributed by atoms with E-state index in [4.69, 9.17) is 0 Å². The summed E-state index contributed by atoms with van der Waals surface area (Å²) in [4.78, 5) is 7.02. The molecule has 0 unspecified atom stereocenters. The zero-order valence-corrected chi connectivity index (χ0v) is 17.0. The number of likely N-dealkylation sites (tertiary alicyclic amines) is 1. The minimum Gasteiger partial charge on any atom is -0.356 e. The van der Waals surface area contributed by atoms with Crippen LogP contribution in [0.5, 0.6) is 0 Å². The largest absolute Gasteiger partial charge is 0.356 e. The lowest BCUT2D eigenvalue weighted by molar-refractivity contribution is 0.213. The molecule has 0 atom stereocenters. The zero-order chi connectivity index (χ0) is 19.0. The molecule has 2 N–H and O–H groups in total. The van der Waals surface area contributed by atoms with Crippen LogP contribution in [0.25, 0.3) is 0 Å². The zero-order valence-electron chi connectivity index (χ0n) is 16.2. The normalized spacial score (nSPS) is 17.3. The van der Waals surface area contributed by atoms with Gasteiger partial charge in [-0.3, -0.25) is 4.99 Å². The first-order valence-corrected chi connectivity index (χ1v) is 11.2. The lowest BCUT2D eigenvalue weighted by atomic mass is 9.94. The molecule has 7 heteroatoms. The standard InChI is InChI=1S/C19H32N4O2S/c1-20-19(22-13-9-17-10-14-23(2)15-11-17)21-12-8-16-4-6-18(7-5-16)26(3,24)25/h4-7,17H,8-15H2,1-3H3,(H2,20,21,22). The van der Waals surface area contributed by atoms with Gasteiger partial charge in [0.1, 0.15) is 0 Å². The number of hydrogen-bond donors (Lipinski definition) is 2. The van der Waals surface area contributed by atoms with Gasteiger partial charge < -0.3 is 15.5 Å². The Labute approximate surface area is 158 Å². The number of nitrogens with one attached hydrogen (secondary N) is 2. The van der Waals surface area contributed by atoms with Crippen molar-refractivity contribution >= 4 is 15.8 Å². The van der Waals surface area contributed by atoms with Crippen LogP contribution in [0.4, 0.5) is 0 Å². The Hall–Kier alpha value is -1.60. The van der Waals surface area contributed by atoms with Crippen LogP contribution >= 0.6 is 0 Å². The highest BCUT2D eigenvalue weighted by molar-refractivity contribution is 7.90. The third-order valence-corrected chi connectivity index (χ3v) is 6.09. The van der Waals surface area contributed by atoms with Crippen molar-refractivity contribution in [2.24, 2.45) is 10.9 Å². The molecular weight excluding hydrogens is 348 g/mol. The fourth-order valence-electron chi connectivity index (χ4n) is 3.19. The highest BCUT2D eigenvalue weighted by Gasteiger charge is 2.16. The van der Waals surface area contributed by atoms with E-state index in [1.165, 1.54) is 38.6 Å². The summed E-state index contributed by atoms with van der Waals surface area (Å²) in [6.45, 7) is 4.11. The molecule has 0 spiro atoms. The molecule has 0 saturated carbocycles. The molecule has 6 nitrogen and oxygen atoms in total. The predicted molar refractivity (Wildman–Crippen MR) is 107 cm³/mol. The van der Waals surface area contributed by atoms with Crippen molar-refractivity contribution in [3.05, 3.63) is 29.8 Å². The van der Waals surface area contributed by atoms with E-state index in [-0.39, 0.29) is 0 Å². The molecule has 1 aliphatic rings. The Morgan fingerprint density at radius 3 is 2.35 bits per heavy atom. The van der Waals surface area contributed by atoms with Gasteiger partial charge in [-0.2, -0.15) is 0 Å². The molecule has 2 rings (SSSR count). The van der Waals surface area contributed by atoms with Crippen molar-refractivity contribution in [3.8, 4) is 0 Å². The third-order valence-electron chi connectivity index (χ3n) is 4.96. The van der Waals surface area contributed by atoms with E-state index < -0.39 is 9.84 Å². The van der Waals surface area contributed by atoms with Gasteiger partial charge in [-0.1, -0.05) is 12.1 Å². The molecule has 26 heavy (non-hydrogen) atoms. The van der Waals surface area contributed by atoms with Crippen LogP contribution < -0.4 is 10.6 Å². The van der Waals surface area contributed by atoms with E-state index in [9.17, 15) is 8.42 Å². The fraction of sp³-hybridized carbons (Fsp3) is 0.632. The molecule has 1 aromatic rings. The Morgan fingerprint density at radius 2 is 1.77 bits per heavy atom. The van der Waals surface area contributed by atoms with Crippen molar-refractivity contribution in [2.75, 3.05) is 46.5 Å². The van der Waals surface area contributed by atoms with E-state index in [0.717, 1.165) is 37.0 Å². The van der Waals surface area contributed by atoms with E-state index in [2.05, 4.69) is 27.6 Å². The minimum absolute atomic E-state index is 0.362. The molecular formula is C19H32N4O2S. The number of hydrogen-bond acceptors (Lipinski definition) is 4. The number of sulfone groups is 1. The number of nitrogens with zero attached hydrogens (tertiary/aromatic N) is 2. The number of guanidine groups is 1. The summed E-state index contributed by atoms with van der Waals surface area (Å²) in [5.41, 5.74) is 1.10. The maximum absolute atomic E-state index is 11.5. The quantitative estimate of drug-likeness (QED) is 0.554. The first kappa shape index (κ1) is 20.7. The SMILES string of the molecule is CN=C(NCCc1ccc(S(C)(=O)=O)cc1)NCCC1CCN(C)CC1. The van der Waals surface area contributed by atoms with Gasteiger partial charge in [0, 0.05) is 26.4 Å². The molecule has 1 heterocycles. The van der Waals surface area contributed by atoms with Crippen LogP contribution in [0.3, 0.4) is 0 Å². The van der Waals surface area contributed by atoms with Crippen molar-refractivity contribution in [1.29, 1.82) is 0 Å². The second kappa shape index (κ2) is 9.92. The smallest absolute Gasteiger partial charge is 0.190 e. The first-order chi connectivity index (χ1) is 12.4. The van der Waals surface area contributed by atoms with Gasteiger partial charge >= 0.3 is 0 Å². The third kappa shape index (κ3) is 6.96. The van der Waals surface area contributed by atoms with Crippen LogP contribution in [0.2, 0.25) is 0 Å². The number of aliphatic imine (C=N–C) groups is 1. The average molecular weight is 381 g/mol.